The fourth-order valence-corrected chi connectivity index (χ4v) is 4.56. The fourth-order valence-electron chi connectivity index (χ4n) is 4.56. The number of aliphatic hydroxyl groups is 2. The molecule has 4 rings (SSSR count). The molecule has 0 aromatic heterocycles. The minimum Gasteiger partial charge on any atom is -0.494 e. The summed E-state index contributed by atoms with van der Waals surface area (Å²) in [5.74, 6) is 0.808. The Morgan fingerprint density at radius 1 is 1.06 bits per heavy atom. The number of hydrogen-bond acceptors (Lipinski definition) is 7. The van der Waals surface area contributed by atoms with Gasteiger partial charge in [-0.3, -0.25) is 10.2 Å². The summed E-state index contributed by atoms with van der Waals surface area (Å²) in [5.41, 5.74) is 5.57. The van der Waals surface area contributed by atoms with Crippen molar-refractivity contribution in [1.82, 2.24) is 10.9 Å². The molecule has 188 valence electrons. The lowest BCUT2D eigenvalue weighted by Crippen LogP contribution is -2.56. The van der Waals surface area contributed by atoms with E-state index in [1.54, 1.807) is 0 Å². The summed E-state index contributed by atoms with van der Waals surface area (Å²) in [6.07, 6.45) is 5.55. The van der Waals surface area contributed by atoms with Crippen LogP contribution in [0.15, 0.2) is 59.6 Å². The summed E-state index contributed by atoms with van der Waals surface area (Å²) >= 11 is 0. The van der Waals surface area contributed by atoms with Gasteiger partial charge in [-0.25, -0.2) is 10.4 Å². The Balaban J connectivity index is 1.47. The summed E-state index contributed by atoms with van der Waals surface area (Å²) in [4.78, 5) is 18.2. The zero-order valence-corrected chi connectivity index (χ0v) is 20.0. The van der Waals surface area contributed by atoms with E-state index >= 15 is 0 Å². The van der Waals surface area contributed by atoms with E-state index in [2.05, 4.69) is 10.9 Å². The standard InChI is InChI=1S/C27H35N3O5/c31-16-7-17-34-23-12-10-22(11-13-23)24-29-27(20-35-24,18-21-8-3-1-4-9-21)25(32)30-28-19-26(33)14-5-2-6-15-26/h1,3-4,8-13,28,31,33H,2,5-7,14-20H2,(H,30,32)/t27-/m0/s1. The molecule has 1 saturated carbocycles. The van der Waals surface area contributed by atoms with Gasteiger partial charge in [0.1, 0.15) is 12.4 Å². The van der Waals surface area contributed by atoms with Crippen molar-refractivity contribution in [3.63, 3.8) is 0 Å². The molecule has 35 heavy (non-hydrogen) atoms. The predicted molar refractivity (Wildman–Crippen MR) is 133 cm³/mol. The Bertz CT molecular complexity index is 990. The van der Waals surface area contributed by atoms with Crippen LogP contribution in [0.1, 0.15) is 49.7 Å². The molecule has 1 amide bonds. The number of carbonyl (C=O) groups excluding carboxylic acids is 1. The molecular weight excluding hydrogens is 446 g/mol. The van der Waals surface area contributed by atoms with Crippen molar-refractivity contribution >= 4 is 11.8 Å². The molecule has 2 aliphatic rings. The second-order valence-electron chi connectivity index (χ2n) is 9.44. The molecule has 0 radical (unpaired) electrons. The summed E-state index contributed by atoms with van der Waals surface area (Å²) in [6.45, 7) is 0.942. The Morgan fingerprint density at radius 3 is 2.51 bits per heavy atom. The first kappa shape index (κ1) is 25.2. The molecule has 1 atom stereocenters. The smallest absolute Gasteiger partial charge is 0.266 e. The molecule has 8 heteroatoms. The summed E-state index contributed by atoms with van der Waals surface area (Å²) in [5, 5.41) is 19.6. The third kappa shape index (κ3) is 6.60. The maximum Gasteiger partial charge on any atom is 0.266 e. The molecule has 2 aromatic carbocycles. The number of amides is 1. The minimum atomic E-state index is -1.13. The first-order valence-electron chi connectivity index (χ1n) is 12.4. The van der Waals surface area contributed by atoms with Crippen molar-refractivity contribution in [2.24, 2.45) is 4.99 Å². The summed E-state index contributed by atoms with van der Waals surface area (Å²) in [6, 6.07) is 17.1. The highest BCUT2D eigenvalue weighted by Gasteiger charge is 2.44. The number of hydrogen-bond donors (Lipinski definition) is 4. The van der Waals surface area contributed by atoms with Crippen LogP contribution in [0.5, 0.6) is 5.75 Å². The average Bonchev–Trinajstić information content (AvgIpc) is 3.31. The van der Waals surface area contributed by atoms with Crippen LogP contribution in [-0.2, 0) is 16.0 Å². The van der Waals surface area contributed by atoms with E-state index in [-0.39, 0.29) is 19.1 Å². The van der Waals surface area contributed by atoms with Gasteiger partial charge in [-0.15, -0.1) is 0 Å². The molecule has 1 aliphatic carbocycles. The number of nitrogens with zero attached hydrogens (tertiary/aromatic N) is 1. The van der Waals surface area contributed by atoms with E-state index in [1.165, 1.54) is 0 Å². The minimum absolute atomic E-state index is 0.0858. The lowest BCUT2D eigenvalue weighted by atomic mass is 9.85. The number of aliphatic hydroxyl groups excluding tert-OH is 1. The third-order valence-corrected chi connectivity index (χ3v) is 6.60. The quantitative estimate of drug-likeness (QED) is 0.290. The monoisotopic (exact) mass is 481 g/mol. The van der Waals surface area contributed by atoms with Gasteiger partial charge in [-0.1, -0.05) is 49.6 Å². The third-order valence-electron chi connectivity index (χ3n) is 6.60. The van der Waals surface area contributed by atoms with Gasteiger partial charge in [0.15, 0.2) is 5.54 Å². The first-order chi connectivity index (χ1) is 17.0. The van der Waals surface area contributed by atoms with Crippen LogP contribution in [0.25, 0.3) is 0 Å². The van der Waals surface area contributed by atoms with E-state index in [9.17, 15) is 9.90 Å². The van der Waals surface area contributed by atoms with Crippen molar-refractivity contribution in [1.29, 1.82) is 0 Å². The number of rotatable bonds is 11. The zero-order chi connectivity index (χ0) is 24.6. The Morgan fingerprint density at radius 2 is 1.80 bits per heavy atom. The van der Waals surface area contributed by atoms with Crippen LogP contribution in [0, 0.1) is 0 Å². The molecule has 0 bridgehead atoms. The number of carbonyl (C=O) groups is 1. The topological polar surface area (TPSA) is 112 Å². The van der Waals surface area contributed by atoms with Crippen LogP contribution in [0.3, 0.4) is 0 Å². The first-order valence-corrected chi connectivity index (χ1v) is 12.4. The van der Waals surface area contributed by atoms with Crippen LogP contribution in [0.2, 0.25) is 0 Å². The molecule has 1 heterocycles. The zero-order valence-electron chi connectivity index (χ0n) is 20.0. The highest BCUT2D eigenvalue weighted by atomic mass is 16.5. The van der Waals surface area contributed by atoms with E-state index in [4.69, 9.17) is 19.6 Å². The van der Waals surface area contributed by atoms with Gasteiger partial charge < -0.3 is 19.7 Å². The van der Waals surface area contributed by atoms with Gasteiger partial charge in [0, 0.05) is 31.6 Å². The maximum atomic E-state index is 13.4. The second-order valence-corrected chi connectivity index (χ2v) is 9.44. The Kier molecular flexibility index (Phi) is 8.38. The van der Waals surface area contributed by atoms with Gasteiger partial charge in [0.25, 0.3) is 5.91 Å². The molecule has 2 aromatic rings. The van der Waals surface area contributed by atoms with Crippen LogP contribution >= 0.6 is 0 Å². The largest absolute Gasteiger partial charge is 0.494 e. The second kappa shape index (κ2) is 11.7. The van der Waals surface area contributed by atoms with E-state index in [0.29, 0.717) is 37.6 Å². The van der Waals surface area contributed by atoms with Gasteiger partial charge in [0.05, 0.1) is 12.2 Å². The SMILES string of the molecule is O=C(NNCC1(O)CCCCC1)[C@]1(Cc2ccccc2)COC(c2ccc(OCCCO)cc2)=N1. The molecule has 4 N–H and O–H groups in total. The van der Waals surface area contributed by atoms with Crippen LogP contribution in [0.4, 0.5) is 0 Å². The van der Waals surface area contributed by atoms with Crippen molar-refractivity contribution in [3.8, 4) is 5.75 Å². The molecular formula is C27H35N3O5. The molecule has 0 spiro atoms. The summed E-state index contributed by atoms with van der Waals surface area (Å²) in [7, 11) is 0. The Labute approximate surface area is 206 Å². The number of ether oxygens (including phenoxy) is 2. The Hall–Kier alpha value is -2.94. The molecule has 0 saturated heterocycles. The molecule has 8 nitrogen and oxygen atoms in total. The lowest BCUT2D eigenvalue weighted by Gasteiger charge is -2.32. The van der Waals surface area contributed by atoms with Gasteiger partial charge in [-0.2, -0.15) is 0 Å². The van der Waals surface area contributed by atoms with E-state index in [0.717, 1.165) is 43.2 Å². The van der Waals surface area contributed by atoms with Crippen LogP contribution in [-0.4, -0.2) is 59.5 Å². The van der Waals surface area contributed by atoms with E-state index in [1.807, 2.05) is 54.6 Å². The molecule has 0 unspecified atom stereocenters. The van der Waals surface area contributed by atoms with E-state index < -0.39 is 11.1 Å². The average molecular weight is 482 g/mol. The van der Waals surface area contributed by atoms with Crippen LogP contribution < -0.4 is 15.6 Å². The van der Waals surface area contributed by atoms with Gasteiger partial charge in [0.2, 0.25) is 5.90 Å². The van der Waals surface area contributed by atoms with Crippen molar-refractivity contribution in [2.75, 3.05) is 26.4 Å². The van der Waals surface area contributed by atoms with Crippen molar-refractivity contribution in [2.45, 2.75) is 56.1 Å². The number of hydrazine groups is 1. The summed E-state index contributed by atoms with van der Waals surface area (Å²) < 4.78 is 11.5. The maximum absolute atomic E-state index is 13.4. The number of aliphatic imine (C=N–C) groups is 1. The highest BCUT2D eigenvalue weighted by Crippen LogP contribution is 2.29. The van der Waals surface area contributed by atoms with Gasteiger partial charge >= 0.3 is 0 Å². The normalized spacial score (nSPS) is 21.1. The fraction of sp³-hybridized carbons (Fsp3) is 0.481. The lowest BCUT2D eigenvalue weighted by molar-refractivity contribution is -0.128. The van der Waals surface area contributed by atoms with Crippen molar-refractivity contribution < 1.29 is 24.5 Å². The predicted octanol–water partition coefficient (Wildman–Crippen LogP) is 2.52. The molecule has 1 fully saturated rings. The van der Waals surface area contributed by atoms with Crippen molar-refractivity contribution in [3.05, 3.63) is 65.7 Å². The number of nitrogens with one attached hydrogen (secondary N) is 2. The molecule has 1 aliphatic heterocycles. The number of benzene rings is 2. The highest BCUT2D eigenvalue weighted by molar-refractivity contribution is 6.00. The van der Waals surface area contributed by atoms with Gasteiger partial charge in [-0.05, 0) is 42.7 Å².